The zero-order valence-corrected chi connectivity index (χ0v) is 18.0. The van der Waals surface area contributed by atoms with Crippen LogP contribution >= 0.6 is 0 Å². The van der Waals surface area contributed by atoms with Gasteiger partial charge in [-0.25, -0.2) is 9.97 Å². The van der Waals surface area contributed by atoms with E-state index in [1.807, 2.05) is 56.4 Å². The van der Waals surface area contributed by atoms with Crippen molar-refractivity contribution >= 4 is 28.2 Å². The molecular weight excluding hydrogens is 406 g/mol. The number of rotatable bonds is 9. The van der Waals surface area contributed by atoms with Gasteiger partial charge in [0.1, 0.15) is 0 Å². The smallest absolute Gasteiger partial charge is 0.316 e. The van der Waals surface area contributed by atoms with Crippen LogP contribution in [0, 0.1) is 0 Å². The largest absolute Gasteiger partial charge is 0.481 e. The molecule has 0 saturated heterocycles. The molecule has 0 radical (unpaired) electrons. The minimum Gasteiger partial charge on any atom is -0.481 e. The average Bonchev–Trinajstić information content (AvgIpc) is 3.28. The molecule has 164 valence electrons. The summed E-state index contributed by atoms with van der Waals surface area (Å²) in [7, 11) is 0. The maximum atomic E-state index is 11.4. The van der Waals surface area contributed by atoms with Gasteiger partial charge in [-0.3, -0.25) is 9.89 Å². The third-order valence-electron chi connectivity index (χ3n) is 5.38. The number of hydrogen-bond donors (Lipinski definition) is 3. The number of nitrogens with zero attached hydrogens (tertiary/aromatic N) is 3. The first-order valence-electron chi connectivity index (χ1n) is 10.6. The standard InChI is InChI=1S/C24H25N5O3/c1-3-15(11-23(30)31)16-8-9-19(18-6-5-7-21-20(18)14-27-29-21)22(10-16)28-17-12-25-24(26-13-17)32-4-2/h5-10,12-15,28H,3-4,11H2,1-2H3,(H,27,29)(H,30,31)/t15-/m1/s1. The topological polar surface area (TPSA) is 113 Å². The van der Waals surface area contributed by atoms with Gasteiger partial charge in [0.2, 0.25) is 0 Å². The SMILES string of the molecule is CCOc1ncc(Nc2cc([C@H](CC)CC(=O)O)ccc2-c2cccc3[nH]ncc23)cn1. The highest BCUT2D eigenvalue weighted by Gasteiger charge is 2.17. The first-order valence-corrected chi connectivity index (χ1v) is 10.6. The van der Waals surface area contributed by atoms with E-state index in [0.29, 0.717) is 18.3 Å². The van der Waals surface area contributed by atoms with E-state index in [1.54, 1.807) is 12.4 Å². The summed E-state index contributed by atoms with van der Waals surface area (Å²) in [6.45, 7) is 4.38. The number of aromatic nitrogens is 4. The van der Waals surface area contributed by atoms with Gasteiger partial charge < -0.3 is 15.2 Å². The molecule has 8 nitrogen and oxygen atoms in total. The number of hydrogen-bond acceptors (Lipinski definition) is 6. The molecule has 0 aliphatic carbocycles. The van der Waals surface area contributed by atoms with Crippen LogP contribution in [0.5, 0.6) is 6.01 Å². The second kappa shape index (κ2) is 9.47. The molecule has 0 aliphatic rings. The van der Waals surface area contributed by atoms with Crippen LogP contribution in [0.4, 0.5) is 11.4 Å². The number of fused-ring (bicyclic) bond motifs is 1. The van der Waals surface area contributed by atoms with Crippen LogP contribution < -0.4 is 10.1 Å². The fourth-order valence-electron chi connectivity index (χ4n) is 3.81. The van der Waals surface area contributed by atoms with Crippen molar-refractivity contribution in [3.05, 3.63) is 60.6 Å². The molecule has 4 aromatic rings. The number of carboxylic acid groups (broad SMARTS) is 1. The Bertz CT molecular complexity index is 1220. The number of carbonyl (C=O) groups is 1. The average molecular weight is 431 g/mol. The normalized spacial score (nSPS) is 11.9. The van der Waals surface area contributed by atoms with E-state index < -0.39 is 5.97 Å². The van der Waals surface area contributed by atoms with Gasteiger partial charge in [0, 0.05) is 16.6 Å². The summed E-state index contributed by atoms with van der Waals surface area (Å²) in [6.07, 6.45) is 5.96. The number of aromatic amines is 1. The van der Waals surface area contributed by atoms with Gasteiger partial charge >= 0.3 is 12.0 Å². The lowest BCUT2D eigenvalue weighted by Crippen LogP contribution is -2.06. The van der Waals surface area contributed by atoms with Crippen LogP contribution in [-0.4, -0.2) is 37.8 Å². The lowest BCUT2D eigenvalue weighted by Gasteiger charge is -2.18. The number of anilines is 2. The minimum absolute atomic E-state index is 0.0802. The molecule has 0 aliphatic heterocycles. The Hall–Kier alpha value is -3.94. The van der Waals surface area contributed by atoms with Crippen LogP contribution in [0.25, 0.3) is 22.0 Å². The Balaban J connectivity index is 1.78. The molecule has 8 heteroatoms. The number of aliphatic carboxylic acids is 1. The van der Waals surface area contributed by atoms with Gasteiger partial charge in [0.25, 0.3) is 0 Å². The van der Waals surface area contributed by atoms with Crippen molar-refractivity contribution in [2.45, 2.75) is 32.6 Å². The second-order valence-corrected chi connectivity index (χ2v) is 7.46. The van der Waals surface area contributed by atoms with Crippen LogP contribution in [0.15, 0.2) is 55.0 Å². The molecule has 0 unspecified atom stereocenters. The molecule has 2 heterocycles. The molecule has 3 N–H and O–H groups in total. The van der Waals surface area contributed by atoms with E-state index >= 15 is 0 Å². The van der Waals surface area contributed by atoms with E-state index in [9.17, 15) is 9.90 Å². The first-order chi connectivity index (χ1) is 15.6. The highest BCUT2D eigenvalue weighted by molar-refractivity contribution is 5.98. The maximum Gasteiger partial charge on any atom is 0.316 e. The van der Waals surface area contributed by atoms with Crippen LogP contribution in [0.1, 0.15) is 38.2 Å². The molecular formula is C24H25N5O3. The summed E-state index contributed by atoms with van der Waals surface area (Å²) in [5, 5.41) is 20.9. The molecule has 2 aromatic heterocycles. The Morgan fingerprint density at radius 1 is 1.12 bits per heavy atom. The molecule has 1 atom stereocenters. The molecule has 32 heavy (non-hydrogen) atoms. The van der Waals surface area contributed by atoms with Crippen molar-refractivity contribution in [1.29, 1.82) is 0 Å². The van der Waals surface area contributed by atoms with Crippen LogP contribution in [0.3, 0.4) is 0 Å². The summed E-state index contributed by atoms with van der Waals surface area (Å²) in [4.78, 5) is 19.8. The fraction of sp³-hybridized carbons (Fsp3) is 0.250. The first kappa shape index (κ1) is 21.3. The molecule has 0 fully saturated rings. The van der Waals surface area contributed by atoms with Crippen molar-refractivity contribution in [2.24, 2.45) is 0 Å². The van der Waals surface area contributed by atoms with Gasteiger partial charge in [0.15, 0.2) is 0 Å². The van der Waals surface area contributed by atoms with Gasteiger partial charge in [-0.2, -0.15) is 5.10 Å². The predicted octanol–water partition coefficient (Wildman–Crippen LogP) is 5.13. The van der Waals surface area contributed by atoms with Crippen molar-refractivity contribution in [3.63, 3.8) is 0 Å². The predicted molar refractivity (Wildman–Crippen MR) is 123 cm³/mol. The van der Waals surface area contributed by atoms with Gasteiger partial charge in [0.05, 0.1) is 42.8 Å². The zero-order valence-electron chi connectivity index (χ0n) is 18.0. The van der Waals surface area contributed by atoms with Crippen molar-refractivity contribution in [3.8, 4) is 17.1 Å². The monoisotopic (exact) mass is 431 g/mol. The summed E-state index contributed by atoms with van der Waals surface area (Å²) in [5.41, 5.74) is 5.44. The lowest BCUT2D eigenvalue weighted by atomic mass is 9.90. The summed E-state index contributed by atoms with van der Waals surface area (Å²) in [6, 6.07) is 12.4. The molecule has 0 bridgehead atoms. The second-order valence-electron chi connectivity index (χ2n) is 7.46. The third kappa shape index (κ3) is 4.54. The Morgan fingerprint density at radius 2 is 1.94 bits per heavy atom. The number of ether oxygens (including phenoxy) is 1. The Morgan fingerprint density at radius 3 is 2.66 bits per heavy atom. The number of carboxylic acids is 1. The van der Waals surface area contributed by atoms with E-state index in [-0.39, 0.29) is 12.3 Å². The third-order valence-corrected chi connectivity index (χ3v) is 5.38. The van der Waals surface area contributed by atoms with Gasteiger partial charge in [-0.05, 0) is 42.5 Å². The zero-order chi connectivity index (χ0) is 22.5. The summed E-state index contributed by atoms with van der Waals surface area (Å²) >= 11 is 0. The highest BCUT2D eigenvalue weighted by Crippen LogP contribution is 2.37. The van der Waals surface area contributed by atoms with Crippen molar-refractivity contribution < 1.29 is 14.6 Å². The van der Waals surface area contributed by atoms with Crippen LogP contribution in [0.2, 0.25) is 0 Å². The molecule has 0 amide bonds. The Kier molecular flexibility index (Phi) is 6.30. The van der Waals surface area contributed by atoms with E-state index in [4.69, 9.17) is 4.74 Å². The van der Waals surface area contributed by atoms with E-state index in [1.165, 1.54) is 0 Å². The molecule has 4 rings (SSSR count). The van der Waals surface area contributed by atoms with Crippen molar-refractivity contribution in [1.82, 2.24) is 20.2 Å². The molecule has 2 aromatic carbocycles. The fourth-order valence-corrected chi connectivity index (χ4v) is 3.81. The van der Waals surface area contributed by atoms with Crippen molar-refractivity contribution in [2.75, 3.05) is 11.9 Å². The van der Waals surface area contributed by atoms with Gasteiger partial charge in [-0.1, -0.05) is 31.2 Å². The minimum atomic E-state index is -0.807. The highest BCUT2D eigenvalue weighted by atomic mass is 16.5. The number of benzene rings is 2. The van der Waals surface area contributed by atoms with E-state index in [0.717, 1.165) is 39.7 Å². The molecule has 0 saturated carbocycles. The number of H-pyrrole nitrogens is 1. The lowest BCUT2D eigenvalue weighted by molar-refractivity contribution is -0.137. The quantitative estimate of drug-likeness (QED) is 0.337. The maximum absolute atomic E-state index is 11.4. The summed E-state index contributed by atoms with van der Waals surface area (Å²) < 4.78 is 5.33. The molecule has 0 spiro atoms. The Labute approximate surface area is 185 Å². The van der Waals surface area contributed by atoms with Gasteiger partial charge in [-0.15, -0.1) is 0 Å². The van der Waals surface area contributed by atoms with E-state index in [2.05, 4.69) is 25.5 Å². The van der Waals surface area contributed by atoms with Crippen LogP contribution in [-0.2, 0) is 4.79 Å². The number of nitrogens with one attached hydrogen (secondary N) is 2. The summed E-state index contributed by atoms with van der Waals surface area (Å²) in [5.74, 6) is -0.887.